The Bertz CT molecular complexity index is 549. The van der Waals surface area contributed by atoms with E-state index < -0.39 is 0 Å². The van der Waals surface area contributed by atoms with Gasteiger partial charge < -0.3 is 5.32 Å². The topological polar surface area (TPSA) is 12.0 Å². The highest BCUT2D eigenvalue weighted by Gasteiger charge is 2.20. The van der Waals surface area contributed by atoms with Crippen LogP contribution in [0.5, 0.6) is 0 Å². The molecule has 0 saturated carbocycles. The van der Waals surface area contributed by atoms with Gasteiger partial charge in [-0.05, 0) is 66.9 Å². The first-order valence-corrected chi connectivity index (χ1v) is 7.75. The number of nitrogens with one attached hydrogen (secondary N) is 1. The number of halogens is 1. The molecular formula is C16H18FNS. The molecule has 3 rings (SSSR count). The van der Waals surface area contributed by atoms with Gasteiger partial charge in [-0.25, -0.2) is 4.39 Å². The maximum Gasteiger partial charge on any atom is 0.123 e. The first-order valence-electron chi connectivity index (χ1n) is 6.87. The Labute approximate surface area is 117 Å². The second-order valence-electron chi connectivity index (χ2n) is 5.08. The number of rotatable bonds is 4. The molecule has 0 bridgehead atoms. The molecule has 1 heterocycles. The van der Waals surface area contributed by atoms with Crippen LogP contribution in [0, 0.1) is 5.82 Å². The van der Waals surface area contributed by atoms with Gasteiger partial charge in [-0.3, -0.25) is 0 Å². The minimum absolute atomic E-state index is 0.143. The molecule has 1 unspecified atom stereocenters. The van der Waals surface area contributed by atoms with Crippen LogP contribution in [-0.4, -0.2) is 6.54 Å². The first-order chi connectivity index (χ1) is 9.33. The van der Waals surface area contributed by atoms with Crippen molar-refractivity contribution in [2.75, 3.05) is 6.54 Å². The lowest BCUT2D eigenvalue weighted by molar-refractivity contribution is 0.467. The van der Waals surface area contributed by atoms with Gasteiger partial charge in [0.2, 0.25) is 0 Å². The second kappa shape index (κ2) is 5.85. The Morgan fingerprint density at radius 2 is 2.26 bits per heavy atom. The van der Waals surface area contributed by atoms with Gasteiger partial charge in [-0.15, -0.1) is 11.3 Å². The Hall–Kier alpha value is -1.19. The summed E-state index contributed by atoms with van der Waals surface area (Å²) in [6.45, 7) is 0.906. The van der Waals surface area contributed by atoms with E-state index in [4.69, 9.17) is 0 Å². The summed E-state index contributed by atoms with van der Waals surface area (Å²) in [5.41, 5.74) is 2.55. The predicted octanol–water partition coefficient (Wildman–Crippen LogP) is 4.10. The highest BCUT2D eigenvalue weighted by atomic mass is 32.1. The summed E-state index contributed by atoms with van der Waals surface area (Å²) in [5, 5.41) is 5.81. The van der Waals surface area contributed by atoms with Gasteiger partial charge in [0.25, 0.3) is 0 Å². The first kappa shape index (κ1) is 12.8. The van der Waals surface area contributed by atoms with E-state index >= 15 is 0 Å². The Morgan fingerprint density at radius 3 is 3.16 bits per heavy atom. The highest BCUT2D eigenvalue weighted by molar-refractivity contribution is 7.10. The number of fused-ring (bicyclic) bond motifs is 1. The van der Waals surface area contributed by atoms with Crippen LogP contribution in [-0.2, 0) is 12.8 Å². The third kappa shape index (κ3) is 3.04. The Balaban J connectivity index is 1.57. The molecule has 1 aromatic heterocycles. The summed E-state index contributed by atoms with van der Waals surface area (Å²) in [4.78, 5) is 1.54. The van der Waals surface area contributed by atoms with Crippen LogP contribution in [0.25, 0.3) is 0 Å². The van der Waals surface area contributed by atoms with Crippen LogP contribution in [0.1, 0.15) is 34.9 Å². The van der Waals surface area contributed by atoms with E-state index in [1.807, 2.05) is 17.4 Å². The normalized spacial score (nSPS) is 18.3. The molecule has 1 nitrogen and oxygen atoms in total. The van der Waals surface area contributed by atoms with E-state index in [-0.39, 0.29) is 5.82 Å². The van der Waals surface area contributed by atoms with E-state index in [0.29, 0.717) is 6.04 Å². The van der Waals surface area contributed by atoms with Crippen molar-refractivity contribution in [1.29, 1.82) is 0 Å². The molecule has 1 atom stereocenters. The quantitative estimate of drug-likeness (QED) is 0.886. The fourth-order valence-corrected chi connectivity index (χ4v) is 3.77. The Kier molecular flexibility index (Phi) is 3.95. The molecule has 3 heteroatoms. The summed E-state index contributed by atoms with van der Waals surface area (Å²) in [5.74, 6) is -0.143. The van der Waals surface area contributed by atoms with Crippen LogP contribution in [0.15, 0.2) is 35.7 Å². The zero-order valence-corrected chi connectivity index (χ0v) is 11.7. The minimum atomic E-state index is -0.143. The van der Waals surface area contributed by atoms with Crippen LogP contribution >= 0.6 is 11.3 Å². The summed E-state index contributed by atoms with van der Waals surface area (Å²) < 4.78 is 13.1. The highest BCUT2D eigenvalue weighted by Crippen LogP contribution is 2.33. The lowest BCUT2D eigenvalue weighted by Crippen LogP contribution is -2.26. The molecule has 2 aromatic rings. The average Bonchev–Trinajstić information content (AvgIpc) is 2.88. The van der Waals surface area contributed by atoms with Crippen molar-refractivity contribution in [3.63, 3.8) is 0 Å². The third-order valence-electron chi connectivity index (χ3n) is 3.75. The van der Waals surface area contributed by atoms with E-state index in [0.717, 1.165) is 18.5 Å². The fraction of sp³-hybridized carbons (Fsp3) is 0.375. The SMILES string of the molecule is Fc1cccc(CCNC2CCCc3sccc32)c1. The molecule has 1 N–H and O–H groups in total. The summed E-state index contributed by atoms with van der Waals surface area (Å²) >= 11 is 1.87. The van der Waals surface area contributed by atoms with Gasteiger partial charge in [0, 0.05) is 10.9 Å². The maximum absolute atomic E-state index is 13.1. The summed E-state index contributed by atoms with van der Waals surface area (Å²) in [7, 11) is 0. The number of hydrogen-bond donors (Lipinski definition) is 1. The van der Waals surface area contributed by atoms with Gasteiger partial charge in [-0.2, -0.15) is 0 Å². The monoisotopic (exact) mass is 275 g/mol. The predicted molar refractivity (Wildman–Crippen MR) is 78.1 cm³/mol. The van der Waals surface area contributed by atoms with Crippen LogP contribution in [0.3, 0.4) is 0 Å². The van der Waals surface area contributed by atoms with E-state index in [1.165, 1.54) is 35.8 Å². The van der Waals surface area contributed by atoms with Gasteiger partial charge in [0.15, 0.2) is 0 Å². The number of benzene rings is 1. The van der Waals surface area contributed by atoms with Crippen molar-refractivity contribution in [3.05, 3.63) is 57.5 Å². The van der Waals surface area contributed by atoms with E-state index in [2.05, 4.69) is 16.8 Å². The number of hydrogen-bond acceptors (Lipinski definition) is 2. The number of thiophene rings is 1. The average molecular weight is 275 g/mol. The molecule has 0 spiro atoms. The molecule has 0 saturated heterocycles. The summed E-state index contributed by atoms with van der Waals surface area (Å²) in [6, 6.07) is 9.63. The van der Waals surface area contributed by atoms with Gasteiger partial charge >= 0.3 is 0 Å². The fourth-order valence-electron chi connectivity index (χ4n) is 2.78. The zero-order chi connectivity index (χ0) is 13.1. The maximum atomic E-state index is 13.1. The van der Waals surface area contributed by atoms with Crippen molar-refractivity contribution in [2.24, 2.45) is 0 Å². The minimum Gasteiger partial charge on any atom is -0.310 e. The molecule has 0 radical (unpaired) electrons. The molecule has 1 aliphatic carbocycles. The molecule has 0 amide bonds. The van der Waals surface area contributed by atoms with E-state index in [9.17, 15) is 4.39 Å². The lowest BCUT2D eigenvalue weighted by atomic mass is 9.94. The lowest BCUT2D eigenvalue weighted by Gasteiger charge is -2.23. The van der Waals surface area contributed by atoms with Crippen molar-refractivity contribution in [3.8, 4) is 0 Å². The van der Waals surface area contributed by atoms with Gasteiger partial charge in [-0.1, -0.05) is 12.1 Å². The van der Waals surface area contributed by atoms with E-state index in [1.54, 1.807) is 12.1 Å². The third-order valence-corrected chi connectivity index (χ3v) is 4.74. The van der Waals surface area contributed by atoms with Crippen LogP contribution in [0.4, 0.5) is 4.39 Å². The summed E-state index contributed by atoms with van der Waals surface area (Å²) in [6.07, 6.45) is 4.60. The molecule has 0 aliphatic heterocycles. The van der Waals surface area contributed by atoms with Crippen LogP contribution < -0.4 is 5.32 Å². The van der Waals surface area contributed by atoms with Crippen molar-refractivity contribution in [2.45, 2.75) is 31.7 Å². The standard InChI is InChI=1S/C16H18FNS/c17-13-4-1-3-12(11-13)7-9-18-15-5-2-6-16-14(15)8-10-19-16/h1,3-4,8,10-11,15,18H,2,5-7,9H2. The molecular weight excluding hydrogens is 257 g/mol. The molecule has 100 valence electrons. The zero-order valence-electron chi connectivity index (χ0n) is 10.9. The molecule has 0 fully saturated rings. The molecule has 1 aromatic carbocycles. The van der Waals surface area contributed by atoms with Crippen molar-refractivity contribution in [1.82, 2.24) is 5.32 Å². The number of aryl methyl sites for hydroxylation is 1. The van der Waals surface area contributed by atoms with Gasteiger partial charge in [0.1, 0.15) is 5.82 Å². The Morgan fingerprint density at radius 1 is 1.32 bits per heavy atom. The smallest absolute Gasteiger partial charge is 0.123 e. The largest absolute Gasteiger partial charge is 0.310 e. The second-order valence-corrected chi connectivity index (χ2v) is 6.08. The molecule has 19 heavy (non-hydrogen) atoms. The van der Waals surface area contributed by atoms with Crippen molar-refractivity contribution >= 4 is 11.3 Å². The van der Waals surface area contributed by atoms with Crippen LogP contribution in [0.2, 0.25) is 0 Å². The molecule has 1 aliphatic rings. The van der Waals surface area contributed by atoms with Gasteiger partial charge in [0.05, 0.1) is 0 Å². The van der Waals surface area contributed by atoms with Crippen molar-refractivity contribution < 1.29 is 4.39 Å².